The monoisotopic (exact) mass is 768 g/mol. The van der Waals surface area contributed by atoms with Gasteiger partial charge in [0.2, 0.25) is 0 Å². The van der Waals surface area contributed by atoms with E-state index in [1.54, 1.807) is 62.4 Å². The molecule has 14 nitrogen and oxygen atoms in total. The predicted octanol–water partition coefficient (Wildman–Crippen LogP) is 5.38. The van der Waals surface area contributed by atoms with Crippen molar-refractivity contribution in [3.8, 4) is 23.6 Å². The Balaban J connectivity index is 1.21. The molecule has 0 spiro atoms. The largest absolute Gasteiger partial charge is 0.494 e. The molecule has 2 fully saturated rings. The van der Waals surface area contributed by atoms with Crippen LogP contribution in [0.3, 0.4) is 0 Å². The normalized spacial score (nSPS) is 18.7. The predicted molar refractivity (Wildman–Crippen MR) is 200 cm³/mol. The standard InChI is InChI=1S/C42H44N2O12/c1-27(2)39(45)51-19-7-5-17-49-33-13-9-29(10-14-33)21-31(23-43)41(47)55-35-25-53-38-36(26-54-37(35)38)56-42(48)32(24-44)22-30-11-15-34(16-12-30)50-18-6-8-20-52-40(46)28(3)4/h9-16,21-22,35-38H,1,3,5-8,17-20,25-26H2,2,4H3/b31-21+,32-22+/t35-,36+,37-,38-/m1/s1. The summed E-state index contributed by atoms with van der Waals surface area (Å²) >= 11 is 0. The third kappa shape index (κ3) is 13.0. The number of ether oxygens (including phenoxy) is 8. The van der Waals surface area contributed by atoms with E-state index in [0.717, 1.165) is 0 Å². The van der Waals surface area contributed by atoms with E-state index < -0.39 is 48.3 Å². The zero-order chi connectivity index (χ0) is 40.5. The summed E-state index contributed by atoms with van der Waals surface area (Å²) in [5.74, 6) is -1.40. The molecule has 0 saturated carbocycles. The molecule has 0 N–H and O–H groups in total. The van der Waals surface area contributed by atoms with Gasteiger partial charge < -0.3 is 37.9 Å². The molecule has 4 atom stereocenters. The fourth-order valence-corrected chi connectivity index (χ4v) is 5.33. The molecule has 0 bridgehead atoms. The molecule has 14 heteroatoms. The summed E-state index contributed by atoms with van der Waals surface area (Å²) in [6.07, 6.45) is 2.16. The highest BCUT2D eigenvalue weighted by molar-refractivity contribution is 5.98. The Morgan fingerprint density at radius 1 is 0.625 bits per heavy atom. The Hall–Kier alpha value is -6.22. The molecule has 0 aromatic heterocycles. The number of nitriles is 2. The van der Waals surface area contributed by atoms with Gasteiger partial charge in [-0.15, -0.1) is 0 Å². The number of hydrogen-bond donors (Lipinski definition) is 0. The Bertz CT molecular complexity index is 1750. The van der Waals surface area contributed by atoms with Crippen LogP contribution in [-0.2, 0) is 47.6 Å². The Morgan fingerprint density at radius 3 is 1.32 bits per heavy atom. The van der Waals surface area contributed by atoms with Crippen LogP contribution in [-0.4, -0.2) is 87.9 Å². The lowest BCUT2D eigenvalue weighted by molar-refractivity contribution is -0.150. The molecule has 294 valence electrons. The molecule has 2 saturated heterocycles. The minimum atomic E-state index is -0.869. The average molecular weight is 769 g/mol. The molecule has 2 aromatic carbocycles. The van der Waals surface area contributed by atoms with Crippen molar-refractivity contribution >= 4 is 36.0 Å². The van der Waals surface area contributed by atoms with E-state index in [9.17, 15) is 29.7 Å². The highest BCUT2D eigenvalue weighted by Crippen LogP contribution is 2.32. The number of rotatable bonds is 20. The van der Waals surface area contributed by atoms with Crippen molar-refractivity contribution < 1.29 is 57.1 Å². The van der Waals surface area contributed by atoms with Crippen LogP contribution in [0.15, 0.2) is 84.0 Å². The van der Waals surface area contributed by atoms with Crippen LogP contribution in [0.5, 0.6) is 11.5 Å². The first kappa shape index (κ1) is 42.5. The maximum atomic E-state index is 13.0. The Labute approximate surface area is 325 Å². The van der Waals surface area contributed by atoms with Gasteiger partial charge in [0.05, 0.1) is 39.6 Å². The van der Waals surface area contributed by atoms with Crippen molar-refractivity contribution in [3.05, 3.63) is 95.1 Å². The number of fused-ring (bicyclic) bond motifs is 1. The van der Waals surface area contributed by atoms with E-state index in [1.807, 2.05) is 12.1 Å². The second kappa shape index (κ2) is 21.6. The maximum Gasteiger partial charge on any atom is 0.349 e. The van der Waals surface area contributed by atoms with Crippen LogP contribution in [0, 0.1) is 22.7 Å². The summed E-state index contributed by atoms with van der Waals surface area (Å²) in [4.78, 5) is 48.8. The number of carbonyl (C=O) groups excluding carboxylic acids is 4. The summed E-state index contributed by atoms with van der Waals surface area (Å²) < 4.78 is 44.2. The van der Waals surface area contributed by atoms with Crippen LogP contribution in [0.25, 0.3) is 12.2 Å². The fourth-order valence-electron chi connectivity index (χ4n) is 5.33. The topological polar surface area (TPSA) is 190 Å². The van der Waals surface area contributed by atoms with Gasteiger partial charge in [-0.2, -0.15) is 10.5 Å². The van der Waals surface area contributed by atoms with Crippen molar-refractivity contribution in [2.45, 2.75) is 63.9 Å². The van der Waals surface area contributed by atoms with Gasteiger partial charge >= 0.3 is 23.9 Å². The van der Waals surface area contributed by atoms with Gasteiger partial charge in [0.25, 0.3) is 0 Å². The number of unbranched alkanes of at least 4 members (excludes halogenated alkanes) is 2. The fraction of sp³-hybridized carbons (Fsp3) is 0.381. The Kier molecular flexibility index (Phi) is 16.4. The first-order valence-corrected chi connectivity index (χ1v) is 18.0. The van der Waals surface area contributed by atoms with Crippen molar-refractivity contribution in [3.63, 3.8) is 0 Å². The third-order valence-electron chi connectivity index (χ3n) is 8.32. The maximum absolute atomic E-state index is 13.0. The summed E-state index contributed by atoms with van der Waals surface area (Å²) in [5, 5.41) is 19.4. The highest BCUT2D eigenvalue weighted by atomic mass is 16.7. The quantitative estimate of drug-likeness (QED) is 0.0549. The van der Waals surface area contributed by atoms with Crippen molar-refractivity contribution in [2.24, 2.45) is 0 Å². The minimum Gasteiger partial charge on any atom is -0.494 e. The molecule has 0 radical (unpaired) electrons. The van der Waals surface area contributed by atoms with Crippen molar-refractivity contribution in [1.82, 2.24) is 0 Å². The van der Waals surface area contributed by atoms with Gasteiger partial charge in [-0.1, -0.05) is 37.4 Å². The average Bonchev–Trinajstić information content (AvgIpc) is 3.78. The molecule has 4 rings (SSSR count). The van der Waals surface area contributed by atoms with Gasteiger partial charge in [0.15, 0.2) is 12.2 Å². The molecule has 2 aliphatic heterocycles. The summed E-state index contributed by atoms with van der Waals surface area (Å²) in [5.41, 5.74) is 1.35. The van der Waals surface area contributed by atoms with E-state index in [2.05, 4.69) is 13.2 Å². The molecular weight excluding hydrogens is 724 g/mol. The minimum absolute atomic E-state index is 0.0476. The highest BCUT2D eigenvalue weighted by Gasteiger charge is 2.51. The first-order valence-electron chi connectivity index (χ1n) is 18.0. The van der Waals surface area contributed by atoms with Crippen LogP contribution >= 0.6 is 0 Å². The number of hydrogen-bond acceptors (Lipinski definition) is 14. The lowest BCUT2D eigenvalue weighted by atomic mass is 10.1. The van der Waals surface area contributed by atoms with Gasteiger partial charge in [-0.25, -0.2) is 19.2 Å². The molecule has 2 aliphatic rings. The van der Waals surface area contributed by atoms with Crippen molar-refractivity contribution in [1.29, 1.82) is 10.5 Å². The lowest BCUT2D eigenvalue weighted by Crippen LogP contribution is -2.36. The van der Waals surface area contributed by atoms with Crippen molar-refractivity contribution in [2.75, 3.05) is 39.6 Å². The van der Waals surface area contributed by atoms with Crippen LogP contribution < -0.4 is 9.47 Å². The number of carbonyl (C=O) groups is 4. The first-order chi connectivity index (χ1) is 27.0. The second-order valence-electron chi connectivity index (χ2n) is 12.9. The van der Waals surface area contributed by atoms with Gasteiger partial charge in [-0.3, -0.25) is 0 Å². The molecule has 56 heavy (non-hydrogen) atoms. The summed E-state index contributed by atoms with van der Waals surface area (Å²) in [6.45, 7) is 11.5. The van der Waals surface area contributed by atoms with Crippen LogP contribution in [0.1, 0.15) is 50.7 Å². The lowest BCUT2D eigenvalue weighted by Gasteiger charge is -2.17. The van der Waals surface area contributed by atoms with Gasteiger partial charge in [0.1, 0.15) is 47.0 Å². The SMILES string of the molecule is C=C(C)C(=O)OCCCCOc1ccc(/C=C(\C#N)C(=O)O[C@H]2CO[C@H]3[C@@H]2OC[C@H]3OC(=O)/C(C#N)=C/c2ccc(OCCCCOC(=O)C(=C)C)cc2)cc1. The molecule has 0 aliphatic carbocycles. The number of benzene rings is 2. The van der Waals surface area contributed by atoms with E-state index in [1.165, 1.54) is 12.2 Å². The van der Waals surface area contributed by atoms with Crippen LogP contribution in [0.2, 0.25) is 0 Å². The smallest absolute Gasteiger partial charge is 0.349 e. The number of esters is 4. The zero-order valence-corrected chi connectivity index (χ0v) is 31.4. The molecule has 2 aromatic rings. The molecular formula is C42H44N2O12. The van der Waals surface area contributed by atoms with E-state index in [-0.39, 0.29) is 37.6 Å². The molecule has 0 unspecified atom stereocenters. The number of nitrogens with zero attached hydrogens (tertiary/aromatic N) is 2. The molecule has 2 heterocycles. The van der Waals surface area contributed by atoms with Gasteiger partial charge in [0, 0.05) is 11.1 Å². The zero-order valence-electron chi connectivity index (χ0n) is 31.4. The second-order valence-corrected chi connectivity index (χ2v) is 12.9. The van der Waals surface area contributed by atoms with E-state index in [0.29, 0.717) is 72.7 Å². The van der Waals surface area contributed by atoms with Gasteiger partial charge in [-0.05, 0) is 87.1 Å². The summed E-state index contributed by atoms with van der Waals surface area (Å²) in [6, 6.07) is 17.3. The summed E-state index contributed by atoms with van der Waals surface area (Å²) in [7, 11) is 0. The van der Waals surface area contributed by atoms with E-state index in [4.69, 9.17) is 37.9 Å². The van der Waals surface area contributed by atoms with Crippen LogP contribution in [0.4, 0.5) is 0 Å². The van der Waals surface area contributed by atoms with E-state index >= 15 is 0 Å². The molecule has 0 amide bonds. The Morgan fingerprint density at radius 2 is 0.982 bits per heavy atom. The third-order valence-corrected chi connectivity index (χ3v) is 8.32.